The third kappa shape index (κ3) is 16.5. The molecule has 0 saturated carbocycles. The summed E-state index contributed by atoms with van der Waals surface area (Å²) >= 11 is 0. The fraction of sp³-hybridized carbons (Fsp3) is 0.737. The molecule has 2 nitrogen and oxygen atoms in total. The minimum absolute atomic E-state index is 0.145. The van der Waals surface area contributed by atoms with Crippen LogP contribution in [-0.2, 0) is 9.53 Å². The highest BCUT2D eigenvalue weighted by Crippen LogP contribution is 2.07. The minimum atomic E-state index is -1.69. The number of carbonyl (C=O) groups excluding carboxylic acids is 1. The van der Waals surface area contributed by atoms with Gasteiger partial charge in [0, 0.05) is 19.3 Å². The zero-order valence-electron chi connectivity index (χ0n) is 15.6. The number of methoxy groups -OCH3 is 1. The molecule has 0 aliphatic carbocycles. The van der Waals surface area contributed by atoms with Crippen LogP contribution in [0, 0.1) is 23.7 Å². The van der Waals surface area contributed by atoms with Gasteiger partial charge in [0.1, 0.15) is 0 Å². The van der Waals surface area contributed by atoms with Crippen molar-refractivity contribution in [1.29, 1.82) is 0 Å². The summed E-state index contributed by atoms with van der Waals surface area (Å²) in [5.41, 5.74) is 0. The molecule has 0 aromatic rings. The number of rotatable bonds is 10. The number of unbranched alkanes of at least 4 members (excludes halogenated alkanes) is 8. The molecule has 0 fully saturated rings. The summed E-state index contributed by atoms with van der Waals surface area (Å²) in [4.78, 5) is 10.9. The van der Waals surface area contributed by atoms with E-state index in [0.29, 0.717) is 12.8 Å². The second-order valence-corrected chi connectivity index (χ2v) is 5.03. The summed E-state index contributed by atoms with van der Waals surface area (Å²) in [7, 11) is 1.41. The lowest BCUT2D eigenvalue weighted by molar-refractivity contribution is -0.140. The Bertz CT molecular complexity index is 436. The van der Waals surface area contributed by atoms with Crippen LogP contribution in [0.3, 0.4) is 0 Å². The molecule has 0 bridgehead atoms. The normalized spacial score (nSPS) is 11.3. The van der Waals surface area contributed by atoms with Gasteiger partial charge in [0.2, 0.25) is 0 Å². The average molecular weight is 292 g/mol. The molecule has 0 aliphatic rings. The van der Waals surface area contributed by atoms with Gasteiger partial charge in [-0.15, -0.1) is 11.8 Å². The molecule has 0 rings (SSSR count). The summed E-state index contributed by atoms with van der Waals surface area (Å²) in [6.45, 7) is 2.14. The first-order chi connectivity index (χ1) is 11.0. The molecule has 0 aromatic heterocycles. The molecule has 0 amide bonds. The second-order valence-electron chi connectivity index (χ2n) is 5.03. The van der Waals surface area contributed by atoms with E-state index in [1.54, 1.807) is 0 Å². The highest BCUT2D eigenvalue weighted by Gasteiger charge is 1.98. The third-order valence-electron chi connectivity index (χ3n) is 3.12. The van der Waals surface area contributed by atoms with Gasteiger partial charge in [-0.1, -0.05) is 50.9 Å². The maximum Gasteiger partial charge on any atom is 0.305 e. The number of ether oxygens (including phenoxy) is 1. The smallest absolute Gasteiger partial charge is 0.305 e. The summed E-state index contributed by atoms with van der Waals surface area (Å²) in [5, 5.41) is 0. The zero-order chi connectivity index (χ0) is 17.4. The van der Waals surface area contributed by atoms with Crippen molar-refractivity contribution < 1.29 is 12.3 Å². The maximum atomic E-state index is 10.9. The van der Waals surface area contributed by atoms with Crippen LogP contribution < -0.4 is 0 Å². The Morgan fingerprint density at radius 2 is 1.48 bits per heavy atom. The van der Waals surface area contributed by atoms with E-state index in [0.717, 1.165) is 57.8 Å². The van der Waals surface area contributed by atoms with Crippen LogP contribution in [0.1, 0.15) is 86.7 Å². The van der Waals surface area contributed by atoms with Crippen molar-refractivity contribution in [2.45, 2.75) is 83.9 Å². The molecule has 0 saturated heterocycles. The van der Waals surface area contributed by atoms with Crippen molar-refractivity contribution in [2.24, 2.45) is 0 Å². The molecular weight excluding hydrogens is 260 g/mol. The van der Waals surface area contributed by atoms with Gasteiger partial charge in [0.15, 0.2) is 0 Å². The van der Waals surface area contributed by atoms with Gasteiger partial charge >= 0.3 is 5.97 Å². The van der Waals surface area contributed by atoms with Crippen LogP contribution in [-0.4, -0.2) is 13.1 Å². The highest BCUT2D eigenvalue weighted by atomic mass is 16.5. The Kier molecular flexibility index (Phi) is 12.7. The molecule has 118 valence electrons. The molecule has 0 atom stereocenters. The summed E-state index contributed by atoms with van der Waals surface area (Å²) < 4.78 is 20.0. The Morgan fingerprint density at radius 3 is 2.10 bits per heavy atom. The van der Waals surface area contributed by atoms with E-state index in [9.17, 15) is 4.79 Å². The Balaban J connectivity index is 3.71. The summed E-state index contributed by atoms with van der Waals surface area (Å²) in [6, 6.07) is 0. The number of hydrogen-bond acceptors (Lipinski definition) is 2. The van der Waals surface area contributed by atoms with E-state index in [1.165, 1.54) is 7.11 Å². The highest BCUT2D eigenvalue weighted by molar-refractivity contribution is 5.68. The first-order valence-corrected chi connectivity index (χ1v) is 8.08. The standard InChI is InChI=1S/C19H30O2/c1-3-4-5-6-7-8-9-10-11-12-13-14-15-16-17-18-19(20)21-2/h3-6,9,12-18H2,1-2H3/i9D2. The first kappa shape index (κ1) is 16.0. The molecule has 0 heterocycles. The molecule has 0 aliphatic heterocycles. The molecule has 0 unspecified atom stereocenters. The zero-order valence-corrected chi connectivity index (χ0v) is 13.6. The first-order valence-electron chi connectivity index (χ1n) is 9.08. The monoisotopic (exact) mass is 292 g/mol. The molecule has 0 N–H and O–H groups in total. The van der Waals surface area contributed by atoms with E-state index < -0.39 is 6.37 Å². The predicted molar refractivity (Wildman–Crippen MR) is 88.6 cm³/mol. The lowest BCUT2D eigenvalue weighted by Gasteiger charge is -1.99. The molecule has 0 aromatic carbocycles. The van der Waals surface area contributed by atoms with Crippen LogP contribution in [0.25, 0.3) is 0 Å². The van der Waals surface area contributed by atoms with Crippen molar-refractivity contribution in [3.05, 3.63) is 0 Å². The van der Waals surface area contributed by atoms with Crippen molar-refractivity contribution in [2.75, 3.05) is 7.11 Å². The molecular formula is C19H30O2. The summed E-state index contributed by atoms with van der Waals surface area (Å²) in [6.07, 6.45) is 8.56. The number of hydrogen-bond donors (Lipinski definition) is 0. The topological polar surface area (TPSA) is 26.3 Å². The van der Waals surface area contributed by atoms with Crippen LogP contribution in [0.4, 0.5) is 0 Å². The third-order valence-corrected chi connectivity index (χ3v) is 3.12. The van der Waals surface area contributed by atoms with Gasteiger partial charge in [0.25, 0.3) is 0 Å². The molecule has 21 heavy (non-hydrogen) atoms. The minimum Gasteiger partial charge on any atom is -0.469 e. The van der Waals surface area contributed by atoms with Gasteiger partial charge in [-0.3, -0.25) is 4.79 Å². The van der Waals surface area contributed by atoms with Gasteiger partial charge in [-0.2, -0.15) is 0 Å². The van der Waals surface area contributed by atoms with Crippen LogP contribution in [0.2, 0.25) is 0 Å². The van der Waals surface area contributed by atoms with Crippen molar-refractivity contribution in [3.8, 4) is 23.7 Å². The molecule has 0 spiro atoms. The SMILES string of the molecule is [2H]C([2H])(C#CCCCCC)C#CCCCCCCCC(=O)OC. The maximum absolute atomic E-state index is 10.9. The Morgan fingerprint density at radius 1 is 0.905 bits per heavy atom. The van der Waals surface area contributed by atoms with Gasteiger partial charge in [-0.05, 0) is 19.3 Å². The fourth-order valence-electron chi connectivity index (χ4n) is 1.82. The number of esters is 1. The largest absolute Gasteiger partial charge is 0.469 e. The van der Waals surface area contributed by atoms with E-state index in [1.807, 2.05) is 0 Å². The quantitative estimate of drug-likeness (QED) is 0.326. The van der Waals surface area contributed by atoms with Crippen LogP contribution in [0.5, 0.6) is 0 Å². The van der Waals surface area contributed by atoms with Crippen molar-refractivity contribution in [3.63, 3.8) is 0 Å². The fourth-order valence-corrected chi connectivity index (χ4v) is 1.82. The molecule has 0 radical (unpaired) electrons. The van der Waals surface area contributed by atoms with E-state index in [4.69, 9.17) is 2.74 Å². The van der Waals surface area contributed by atoms with E-state index in [2.05, 4.69) is 35.3 Å². The average Bonchev–Trinajstić information content (AvgIpc) is 2.52. The van der Waals surface area contributed by atoms with E-state index in [-0.39, 0.29) is 5.97 Å². The van der Waals surface area contributed by atoms with Gasteiger partial charge in [0.05, 0.1) is 16.2 Å². The second kappa shape index (κ2) is 16.6. The lowest BCUT2D eigenvalue weighted by atomic mass is 10.1. The van der Waals surface area contributed by atoms with Crippen LogP contribution in [0.15, 0.2) is 0 Å². The van der Waals surface area contributed by atoms with Gasteiger partial charge < -0.3 is 4.74 Å². The Hall–Kier alpha value is -1.41. The predicted octanol–water partition coefficient (Wildman–Crippen LogP) is 4.87. The lowest BCUT2D eigenvalue weighted by Crippen LogP contribution is -1.99. The summed E-state index contributed by atoms with van der Waals surface area (Å²) in [5.74, 6) is 10.9. The van der Waals surface area contributed by atoms with E-state index >= 15 is 0 Å². The van der Waals surface area contributed by atoms with Crippen molar-refractivity contribution >= 4 is 5.97 Å². The number of carbonyl (C=O) groups is 1. The van der Waals surface area contributed by atoms with Gasteiger partial charge in [-0.25, -0.2) is 0 Å². The Labute approximate surface area is 133 Å². The van der Waals surface area contributed by atoms with Crippen molar-refractivity contribution in [1.82, 2.24) is 0 Å². The molecule has 2 heteroatoms. The van der Waals surface area contributed by atoms with Crippen LogP contribution >= 0.6 is 0 Å².